The molecule has 0 aromatic rings. The molecule has 88 valence electrons. The van der Waals surface area contributed by atoms with Crippen molar-refractivity contribution in [2.45, 2.75) is 32.3 Å². The van der Waals surface area contributed by atoms with E-state index in [4.69, 9.17) is 4.74 Å². The summed E-state index contributed by atoms with van der Waals surface area (Å²) >= 11 is 0. The van der Waals surface area contributed by atoms with Gasteiger partial charge in [-0.05, 0) is 19.3 Å². The van der Waals surface area contributed by atoms with E-state index >= 15 is 0 Å². The highest BCUT2D eigenvalue weighted by Crippen LogP contribution is 2.11. The standard InChI is InChI=1S/C11H21NO3/c1-9(11(13)14-2)7-12-8-10-5-3-4-6-15-10/h9-10,12H,3-8H2,1-2H3. The third-order valence-electron chi connectivity index (χ3n) is 2.70. The van der Waals surface area contributed by atoms with E-state index < -0.39 is 0 Å². The Hall–Kier alpha value is -0.610. The molecule has 1 aliphatic rings. The van der Waals surface area contributed by atoms with Gasteiger partial charge in [0.05, 0.1) is 19.1 Å². The van der Waals surface area contributed by atoms with Crippen LogP contribution in [0.4, 0.5) is 0 Å². The highest BCUT2D eigenvalue weighted by molar-refractivity contribution is 5.71. The van der Waals surface area contributed by atoms with Gasteiger partial charge in [-0.3, -0.25) is 4.79 Å². The van der Waals surface area contributed by atoms with E-state index in [1.165, 1.54) is 20.0 Å². The molecule has 0 amide bonds. The van der Waals surface area contributed by atoms with Crippen molar-refractivity contribution in [2.24, 2.45) is 5.92 Å². The molecule has 2 unspecified atom stereocenters. The second-order valence-electron chi connectivity index (χ2n) is 4.07. The number of carbonyl (C=O) groups excluding carboxylic acids is 1. The second kappa shape index (κ2) is 6.80. The lowest BCUT2D eigenvalue weighted by molar-refractivity contribution is -0.144. The maximum Gasteiger partial charge on any atom is 0.309 e. The van der Waals surface area contributed by atoms with Crippen molar-refractivity contribution in [3.8, 4) is 0 Å². The van der Waals surface area contributed by atoms with E-state index in [0.717, 1.165) is 19.6 Å². The Bertz CT molecular complexity index is 190. The summed E-state index contributed by atoms with van der Waals surface area (Å²) in [6, 6.07) is 0. The number of hydrogen-bond donors (Lipinski definition) is 1. The van der Waals surface area contributed by atoms with E-state index in [1.54, 1.807) is 0 Å². The van der Waals surface area contributed by atoms with Gasteiger partial charge >= 0.3 is 5.97 Å². The highest BCUT2D eigenvalue weighted by Gasteiger charge is 2.16. The summed E-state index contributed by atoms with van der Waals surface area (Å²) in [6.07, 6.45) is 3.87. The molecule has 0 saturated carbocycles. The summed E-state index contributed by atoms with van der Waals surface area (Å²) in [5.41, 5.74) is 0. The molecular weight excluding hydrogens is 194 g/mol. The van der Waals surface area contributed by atoms with Gasteiger partial charge < -0.3 is 14.8 Å². The number of hydrogen-bond acceptors (Lipinski definition) is 4. The number of nitrogens with one attached hydrogen (secondary N) is 1. The first kappa shape index (κ1) is 12.5. The lowest BCUT2D eigenvalue weighted by atomic mass is 10.1. The lowest BCUT2D eigenvalue weighted by Crippen LogP contribution is -2.35. The minimum Gasteiger partial charge on any atom is -0.469 e. The van der Waals surface area contributed by atoms with Crippen molar-refractivity contribution >= 4 is 5.97 Å². The summed E-state index contributed by atoms with van der Waals surface area (Å²) in [5, 5.41) is 3.24. The van der Waals surface area contributed by atoms with Crippen LogP contribution in [0.3, 0.4) is 0 Å². The molecule has 1 saturated heterocycles. The Morgan fingerprint density at radius 3 is 3.00 bits per heavy atom. The molecule has 0 radical (unpaired) electrons. The fourth-order valence-corrected chi connectivity index (χ4v) is 1.71. The molecule has 0 aromatic heterocycles. The number of carbonyl (C=O) groups is 1. The van der Waals surface area contributed by atoms with Crippen LogP contribution in [0, 0.1) is 5.92 Å². The summed E-state index contributed by atoms with van der Waals surface area (Å²) in [4.78, 5) is 11.1. The fourth-order valence-electron chi connectivity index (χ4n) is 1.71. The Morgan fingerprint density at radius 1 is 1.60 bits per heavy atom. The van der Waals surface area contributed by atoms with Crippen LogP contribution in [0.2, 0.25) is 0 Å². The Kier molecular flexibility index (Phi) is 5.65. The molecule has 1 aliphatic heterocycles. The molecule has 4 nitrogen and oxygen atoms in total. The van der Waals surface area contributed by atoms with Crippen molar-refractivity contribution in [1.29, 1.82) is 0 Å². The van der Waals surface area contributed by atoms with E-state index in [0.29, 0.717) is 12.6 Å². The van der Waals surface area contributed by atoms with Gasteiger partial charge in [-0.2, -0.15) is 0 Å². The van der Waals surface area contributed by atoms with Gasteiger partial charge in [0.15, 0.2) is 0 Å². The van der Waals surface area contributed by atoms with Gasteiger partial charge in [-0.1, -0.05) is 6.92 Å². The van der Waals surface area contributed by atoms with Crippen LogP contribution < -0.4 is 5.32 Å². The first-order valence-electron chi connectivity index (χ1n) is 5.64. The summed E-state index contributed by atoms with van der Waals surface area (Å²) in [5.74, 6) is -0.245. The van der Waals surface area contributed by atoms with Crippen LogP contribution in [0.1, 0.15) is 26.2 Å². The Labute approximate surface area is 91.3 Å². The quantitative estimate of drug-likeness (QED) is 0.694. The molecule has 0 aromatic carbocycles. The normalized spacial score (nSPS) is 23.5. The molecule has 2 atom stereocenters. The van der Waals surface area contributed by atoms with Crippen molar-refractivity contribution in [1.82, 2.24) is 5.32 Å². The summed E-state index contributed by atoms with van der Waals surface area (Å²) in [6.45, 7) is 4.23. The van der Waals surface area contributed by atoms with Crippen LogP contribution in [-0.4, -0.2) is 38.9 Å². The van der Waals surface area contributed by atoms with Gasteiger partial charge in [-0.25, -0.2) is 0 Å². The summed E-state index contributed by atoms with van der Waals surface area (Å²) in [7, 11) is 1.42. The minimum absolute atomic E-state index is 0.0846. The number of methoxy groups -OCH3 is 1. The SMILES string of the molecule is COC(=O)C(C)CNCC1CCCCO1. The maximum absolute atomic E-state index is 11.1. The van der Waals surface area contributed by atoms with Crippen LogP contribution in [0.5, 0.6) is 0 Å². The summed E-state index contributed by atoms with van der Waals surface area (Å²) < 4.78 is 10.2. The van der Waals surface area contributed by atoms with Crippen molar-refractivity contribution in [3.63, 3.8) is 0 Å². The average Bonchev–Trinajstić information content (AvgIpc) is 2.29. The van der Waals surface area contributed by atoms with Gasteiger partial charge in [0.1, 0.15) is 0 Å². The van der Waals surface area contributed by atoms with Gasteiger partial charge in [0.25, 0.3) is 0 Å². The van der Waals surface area contributed by atoms with E-state index in [2.05, 4.69) is 10.1 Å². The molecular formula is C11H21NO3. The Morgan fingerprint density at radius 2 is 2.40 bits per heavy atom. The van der Waals surface area contributed by atoms with Crippen LogP contribution in [0.25, 0.3) is 0 Å². The molecule has 1 N–H and O–H groups in total. The largest absolute Gasteiger partial charge is 0.469 e. The van der Waals surface area contributed by atoms with E-state index in [1.807, 2.05) is 6.92 Å². The molecule has 0 spiro atoms. The first-order chi connectivity index (χ1) is 7.24. The smallest absolute Gasteiger partial charge is 0.309 e. The molecule has 0 bridgehead atoms. The average molecular weight is 215 g/mol. The highest BCUT2D eigenvalue weighted by atomic mass is 16.5. The number of esters is 1. The maximum atomic E-state index is 11.1. The number of rotatable bonds is 5. The first-order valence-corrected chi connectivity index (χ1v) is 5.64. The molecule has 1 heterocycles. The molecule has 1 fully saturated rings. The lowest BCUT2D eigenvalue weighted by Gasteiger charge is -2.23. The van der Waals surface area contributed by atoms with Crippen LogP contribution in [-0.2, 0) is 14.3 Å². The topological polar surface area (TPSA) is 47.6 Å². The fraction of sp³-hybridized carbons (Fsp3) is 0.909. The predicted molar refractivity (Wildman–Crippen MR) is 57.6 cm³/mol. The third-order valence-corrected chi connectivity index (χ3v) is 2.70. The van der Waals surface area contributed by atoms with Crippen molar-refractivity contribution in [2.75, 3.05) is 26.8 Å². The monoisotopic (exact) mass is 215 g/mol. The van der Waals surface area contributed by atoms with Gasteiger partial charge in [0.2, 0.25) is 0 Å². The molecule has 4 heteroatoms. The molecule has 1 rings (SSSR count). The van der Waals surface area contributed by atoms with Crippen LogP contribution >= 0.6 is 0 Å². The predicted octanol–water partition coefficient (Wildman–Crippen LogP) is 0.954. The van der Waals surface area contributed by atoms with E-state index in [-0.39, 0.29) is 11.9 Å². The van der Waals surface area contributed by atoms with Gasteiger partial charge in [0, 0.05) is 19.7 Å². The zero-order chi connectivity index (χ0) is 11.1. The zero-order valence-electron chi connectivity index (χ0n) is 9.62. The van der Waals surface area contributed by atoms with Gasteiger partial charge in [-0.15, -0.1) is 0 Å². The molecule has 0 aliphatic carbocycles. The molecule has 15 heavy (non-hydrogen) atoms. The Balaban J connectivity index is 2.07. The number of ether oxygens (including phenoxy) is 2. The van der Waals surface area contributed by atoms with Crippen molar-refractivity contribution < 1.29 is 14.3 Å². The second-order valence-corrected chi connectivity index (χ2v) is 4.07. The van der Waals surface area contributed by atoms with Crippen molar-refractivity contribution in [3.05, 3.63) is 0 Å². The third kappa shape index (κ3) is 4.62. The minimum atomic E-state index is -0.160. The zero-order valence-corrected chi connectivity index (χ0v) is 9.62. The van der Waals surface area contributed by atoms with Crippen LogP contribution in [0.15, 0.2) is 0 Å². The van der Waals surface area contributed by atoms with E-state index in [9.17, 15) is 4.79 Å².